The predicted molar refractivity (Wildman–Crippen MR) is 133 cm³/mol. The van der Waals surface area contributed by atoms with Gasteiger partial charge in [0.25, 0.3) is 15.9 Å². The van der Waals surface area contributed by atoms with Crippen molar-refractivity contribution < 1.29 is 22.7 Å². The Morgan fingerprint density at radius 2 is 1.88 bits per heavy atom. The summed E-state index contributed by atoms with van der Waals surface area (Å²) in [5.74, 6) is 3.08. The third kappa shape index (κ3) is 4.74. The molecule has 4 rings (SSSR count). The molecule has 1 aliphatic rings. The fraction of sp³-hybridized carbons (Fsp3) is 0.364. The molecular weight excluding hydrogens is 518 g/mol. The zero-order valence-electron chi connectivity index (χ0n) is 18.5. The van der Waals surface area contributed by atoms with Crippen LogP contribution in [0.15, 0.2) is 33.5 Å². The Kier molecular flexibility index (Phi) is 7.35. The first-order valence-corrected chi connectivity index (χ1v) is 13.8. The number of thiazole rings is 1. The zero-order valence-corrected chi connectivity index (χ0v) is 21.7. The van der Waals surface area contributed by atoms with Gasteiger partial charge in [-0.05, 0) is 25.0 Å². The molecule has 0 spiro atoms. The van der Waals surface area contributed by atoms with Crippen LogP contribution < -0.4 is 14.3 Å². The van der Waals surface area contributed by atoms with E-state index in [1.165, 1.54) is 21.7 Å². The van der Waals surface area contributed by atoms with E-state index < -0.39 is 10.0 Å². The molecule has 2 aromatic heterocycles. The van der Waals surface area contributed by atoms with Crippen LogP contribution in [0.4, 0.5) is 0 Å². The van der Waals surface area contributed by atoms with E-state index in [-0.39, 0.29) is 35.7 Å². The summed E-state index contributed by atoms with van der Waals surface area (Å²) in [5, 5.41) is 0. The van der Waals surface area contributed by atoms with Crippen LogP contribution in [0.25, 0.3) is 10.2 Å². The topological polar surface area (TPSA) is 90.2 Å². The van der Waals surface area contributed by atoms with E-state index in [0.717, 1.165) is 21.6 Å². The predicted octanol–water partition coefficient (Wildman–Crippen LogP) is 3.60. The molecule has 34 heavy (non-hydrogen) atoms. The zero-order chi connectivity index (χ0) is 24.5. The van der Waals surface area contributed by atoms with Gasteiger partial charge in [0, 0.05) is 31.1 Å². The molecule has 1 fully saturated rings. The normalized spacial score (nSPS) is 16.0. The van der Waals surface area contributed by atoms with Gasteiger partial charge in [-0.3, -0.25) is 4.79 Å². The van der Waals surface area contributed by atoms with Gasteiger partial charge in [0.2, 0.25) is 0 Å². The quantitative estimate of drug-likeness (QED) is 0.446. The molecule has 1 aliphatic heterocycles. The molecule has 0 unspecified atom stereocenters. The van der Waals surface area contributed by atoms with E-state index in [9.17, 15) is 13.2 Å². The van der Waals surface area contributed by atoms with Crippen LogP contribution >= 0.6 is 34.3 Å². The largest absolute Gasteiger partial charge is 0.493 e. The van der Waals surface area contributed by atoms with Gasteiger partial charge in [-0.1, -0.05) is 28.9 Å². The summed E-state index contributed by atoms with van der Waals surface area (Å²) >= 11 is 8.26. The molecule has 0 saturated carbocycles. The Bertz CT molecular complexity index is 1440. The molecule has 0 atom stereocenters. The first-order chi connectivity index (χ1) is 16.3. The maximum Gasteiger partial charge on any atom is 0.252 e. The highest BCUT2D eigenvalue weighted by molar-refractivity contribution is 7.91. The summed E-state index contributed by atoms with van der Waals surface area (Å²) in [6.07, 6.45) is 6.35. The van der Waals surface area contributed by atoms with Gasteiger partial charge in [-0.15, -0.1) is 17.8 Å². The molecule has 12 heteroatoms. The molecule has 8 nitrogen and oxygen atoms in total. The van der Waals surface area contributed by atoms with Crippen LogP contribution in [0.2, 0.25) is 4.34 Å². The Hall–Kier alpha value is -2.36. The van der Waals surface area contributed by atoms with Crippen molar-refractivity contribution in [2.45, 2.75) is 23.6 Å². The first-order valence-electron chi connectivity index (χ1n) is 10.3. The summed E-state index contributed by atoms with van der Waals surface area (Å²) < 4.78 is 41.1. The number of nitrogens with zero attached hydrogens (tertiary/aromatic N) is 3. The highest BCUT2D eigenvalue weighted by Gasteiger charge is 2.33. The molecule has 3 aromatic rings. The number of carbonyl (C=O) groups excluding carboxylic acids is 1. The number of methoxy groups -OCH3 is 2. The van der Waals surface area contributed by atoms with Crippen molar-refractivity contribution in [3.05, 3.63) is 33.4 Å². The summed E-state index contributed by atoms with van der Waals surface area (Å²) in [6, 6.07) is 6.71. The van der Waals surface area contributed by atoms with Crippen LogP contribution in [-0.4, -0.2) is 50.5 Å². The third-order valence-electron chi connectivity index (χ3n) is 5.59. The average Bonchev–Trinajstić information content (AvgIpc) is 3.42. The van der Waals surface area contributed by atoms with E-state index >= 15 is 0 Å². The number of thiophene rings is 1. The number of fused-ring (bicyclic) bond motifs is 1. The smallest absolute Gasteiger partial charge is 0.252 e. The number of aromatic nitrogens is 1. The van der Waals surface area contributed by atoms with Crippen LogP contribution in [0.1, 0.15) is 12.8 Å². The number of ether oxygens (including phenoxy) is 2. The standard InChI is InChI=1S/C22H22ClN3O5S3/c1-4-9-26-15-12-16(30-2)17(31-3)13-18(15)32-22(26)24-21(27)14-7-10-25(11-8-14)34(28,29)20-6-5-19(23)33-20/h1,5-6,12-14H,7-11H2,2-3H3. The number of hydrogen-bond donors (Lipinski definition) is 0. The minimum Gasteiger partial charge on any atom is -0.493 e. The molecule has 0 radical (unpaired) electrons. The van der Waals surface area contributed by atoms with Gasteiger partial charge in [0.1, 0.15) is 4.21 Å². The SMILES string of the molecule is C#CCn1c(=NC(=O)C2CCN(S(=O)(=O)c3ccc(Cl)s3)CC2)sc2cc(OC)c(OC)cc21. The monoisotopic (exact) mass is 539 g/mol. The van der Waals surface area contributed by atoms with E-state index in [0.29, 0.717) is 33.5 Å². The van der Waals surface area contributed by atoms with Crippen molar-refractivity contribution in [2.75, 3.05) is 27.3 Å². The van der Waals surface area contributed by atoms with Gasteiger partial charge in [0.15, 0.2) is 16.3 Å². The molecule has 1 aromatic carbocycles. The first kappa shape index (κ1) is 24.8. The number of piperidine rings is 1. The molecule has 0 N–H and O–H groups in total. The fourth-order valence-electron chi connectivity index (χ4n) is 3.82. The van der Waals surface area contributed by atoms with E-state index in [2.05, 4.69) is 10.9 Å². The maximum atomic E-state index is 13.0. The van der Waals surface area contributed by atoms with Crippen LogP contribution in [-0.2, 0) is 21.4 Å². The van der Waals surface area contributed by atoms with Crippen LogP contribution in [0, 0.1) is 18.3 Å². The number of rotatable bonds is 6. The van der Waals surface area contributed by atoms with Crippen molar-refractivity contribution in [2.24, 2.45) is 10.9 Å². The van der Waals surface area contributed by atoms with Crippen LogP contribution in [0.5, 0.6) is 11.5 Å². The lowest BCUT2D eigenvalue weighted by Gasteiger charge is -2.29. The van der Waals surface area contributed by atoms with Crippen LogP contribution in [0.3, 0.4) is 0 Å². The second-order valence-corrected chi connectivity index (χ2v) is 12.4. The second kappa shape index (κ2) is 10.1. The molecule has 1 amide bonds. The number of sulfonamides is 1. The Morgan fingerprint density at radius 3 is 2.47 bits per heavy atom. The van der Waals surface area contributed by atoms with Crippen molar-refractivity contribution >= 4 is 60.4 Å². The highest BCUT2D eigenvalue weighted by atomic mass is 35.5. The number of terminal acetylenes is 1. The summed E-state index contributed by atoms with van der Waals surface area (Å²) in [4.78, 5) is 17.9. The molecule has 0 bridgehead atoms. The molecule has 1 saturated heterocycles. The number of benzene rings is 1. The third-order valence-corrected chi connectivity index (χ3v) is 10.2. The summed E-state index contributed by atoms with van der Waals surface area (Å²) in [7, 11) is -0.508. The van der Waals surface area contributed by atoms with Gasteiger partial charge in [0.05, 0.1) is 35.3 Å². The highest BCUT2D eigenvalue weighted by Crippen LogP contribution is 2.34. The average molecular weight is 540 g/mol. The van der Waals surface area contributed by atoms with E-state index in [1.54, 1.807) is 24.9 Å². The van der Waals surface area contributed by atoms with Gasteiger partial charge >= 0.3 is 0 Å². The maximum absolute atomic E-state index is 13.0. The number of hydrogen-bond acceptors (Lipinski definition) is 7. The van der Waals surface area contributed by atoms with Gasteiger partial charge in [-0.2, -0.15) is 9.30 Å². The van der Waals surface area contributed by atoms with E-state index in [1.807, 2.05) is 12.1 Å². The van der Waals surface area contributed by atoms with Crippen molar-refractivity contribution in [3.63, 3.8) is 0 Å². The Balaban J connectivity index is 1.58. The Morgan fingerprint density at radius 1 is 1.21 bits per heavy atom. The van der Waals surface area contributed by atoms with E-state index in [4.69, 9.17) is 27.5 Å². The lowest BCUT2D eigenvalue weighted by atomic mass is 9.98. The van der Waals surface area contributed by atoms with Crippen molar-refractivity contribution in [1.82, 2.24) is 8.87 Å². The number of amides is 1. The van der Waals surface area contributed by atoms with Gasteiger partial charge in [-0.25, -0.2) is 8.42 Å². The van der Waals surface area contributed by atoms with Gasteiger partial charge < -0.3 is 14.0 Å². The van der Waals surface area contributed by atoms with Crippen molar-refractivity contribution in [3.8, 4) is 23.8 Å². The number of carbonyl (C=O) groups is 1. The number of halogens is 1. The molecule has 0 aliphatic carbocycles. The fourth-order valence-corrected chi connectivity index (χ4v) is 7.97. The summed E-state index contributed by atoms with van der Waals surface area (Å²) in [6.45, 7) is 0.728. The minimum atomic E-state index is -3.62. The molecule has 3 heterocycles. The lowest BCUT2D eigenvalue weighted by Crippen LogP contribution is -2.40. The second-order valence-electron chi connectivity index (χ2n) is 7.54. The van der Waals surface area contributed by atoms with Crippen molar-refractivity contribution in [1.29, 1.82) is 0 Å². The summed E-state index contributed by atoms with van der Waals surface area (Å²) in [5.41, 5.74) is 0.794. The molecule has 180 valence electrons. The Labute approximate surface area is 210 Å². The minimum absolute atomic E-state index is 0.207. The lowest BCUT2D eigenvalue weighted by molar-refractivity contribution is -0.122. The molecular formula is C22H22ClN3O5S3.